The standard InChI is InChI=1S/C22H40N6O/c1-4-7-19(9-15-29)17-25-22(23-5-2)26-18-20-8-10-24-21(16-20)28-13-11-27(6-3)12-14-28/h8,10,16,19,29H,4-7,9,11-15,17-18H2,1-3H3,(H2,23,25,26). The lowest BCUT2D eigenvalue weighted by Crippen LogP contribution is -2.46. The second-order valence-corrected chi connectivity index (χ2v) is 7.69. The van der Waals surface area contributed by atoms with Crippen LogP contribution in [0.1, 0.15) is 45.6 Å². The van der Waals surface area contributed by atoms with Crippen molar-refractivity contribution in [2.45, 2.75) is 46.6 Å². The minimum absolute atomic E-state index is 0.242. The number of guanidine groups is 1. The largest absolute Gasteiger partial charge is 0.396 e. The van der Waals surface area contributed by atoms with Gasteiger partial charge in [0.2, 0.25) is 0 Å². The number of piperazine rings is 1. The first kappa shape index (κ1) is 23.4. The van der Waals surface area contributed by atoms with Crippen LogP contribution in [-0.4, -0.2) is 73.4 Å². The van der Waals surface area contributed by atoms with Gasteiger partial charge in [0.1, 0.15) is 5.82 Å². The van der Waals surface area contributed by atoms with E-state index >= 15 is 0 Å². The van der Waals surface area contributed by atoms with Crippen LogP contribution in [0.15, 0.2) is 23.3 Å². The molecule has 1 aliphatic rings. The van der Waals surface area contributed by atoms with Crippen molar-refractivity contribution in [3.8, 4) is 0 Å². The van der Waals surface area contributed by atoms with Crippen LogP contribution in [0.2, 0.25) is 0 Å². The zero-order valence-electron chi connectivity index (χ0n) is 18.5. The first-order valence-electron chi connectivity index (χ1n) is 11.2. The third kappa shape index (κ3) is 8.19. The van der Waals surface area contributed by atoms with Crippen LogP contribution in [0.25, 0.3) is 0 Å². The zero-order valence-corrected chi connectivity index (χ0v) is 18.5. The Bertz CT molecular complexity index is 595. The Morgan fingerprint density at radius 3 is 2.62 bits per heavy atom. The number of aliphatic imine (C=N–C) groups is 1. The molecule has 0 spiro atoms. The first-order valence-corrected chi connectivity index (χ1v) is 11.2. The van der Waals surface area contributed by atoms with Crippen LogP contribution in [0.3, 0.4) is 0 Å². The summed E-state index contributed by atoms with van der Waals surface area (Å²) in [6.45, 7) is 14.4. The predicted molar refractivity (Wildman–Crippen MR) is 121 cm³/mol. The molecule has 7 heteroatoms. The monoisotopic (exact) mass is 404 g/mol. The molecule has 0 radical (unpaired) electrons. The topological polar surface area (TPSA) is 76.0 Å². The molecule has 1 aromatic rings. The predicted octanol–water partition coefficient (Wildman–Crippen LogP) is 2.08. The van der Waals surface area contributed by atoms with Gasteiger partial charge in [0.05, 0.1) is 6.54 Å². The van der Waals surface area contributed by atoms with Gasteiger partial charge in [0, 0.05) is 52.1 Å². The van der Waals surface area contributed by atoms with E-state index in [9.17, 15) is 5.11 Å². The van der Waals surface area contributed by atoms with E-state index < -0.39 is 0 Å². The Hall–Kier alpha value is -1.86. The van der Waals surface area contributed by atoms with Gasteiger partial charge in [-0.3, -0.25) is 0 Å². The molecule has 1 saturated heterocycles. The summed E-state index contributed by atoms with van der Waals surface area (Å²) in [6.07, 6.45) is 4.98. The highest BCUT2D eigenvalue weighted by Gasteiger charge is 2.16. The van der Waals surface area contributed by atoms with Crippen LogP contribution in [0.4, 0.5) is 5.82 Å². The smallest absolute Gasteiger partial charge is 0.191 e. The second-order valence-electron chi connectivity index (χ2n) is 7.69. The number of hydrogen-bond donors (Lipinski definition) is 3. The highest BCUT2D eigenvalue weighted by atomic mass is 16.3. The van der Waals surface area contributed by atoms with Gasteiger partial charge in [-0.1, -0.05) is 20.3 Å². The number of aliphatic hydroxyl groups is 1. The van der Waals surface area contributed by atoms with Gasteiger partial charge in [-0.15, -0.1) is 0 Å². The second kappa shape index (κ2) is 13.4. The normalized spacial score (nSPS) is 16.7. The van der Waals surface area contributed by atoms with Crippen LogP contribution < -0.4 is 15.5 Å². The van der Waals surface area contributed by atoms with Crippen molar-refractivity contribution in [3.63, 3.8) is 0 Å². The van der Waals surface area contributed by atoms with E-state index in [1.54, 1.807) is 0 Å². The number of hydrogen-bond acceptors (Lipinski definition) is 5. The summed E-state index contributed by atoms with van der Waals surface area (Å²) in [5.74, 6) is 2.36. The third-order valence-corrected chi connectivity index (χ3v) is 5.51. The Morgan fingerprint density at radius 1 is 1.17 bits per heavy atom. The number of rotatable bonds is 11. The fraction of sp³-hybridized carbons (Fsp3) is 0.727. The van der Waals surface area contributed by atoms with Crippen LogP contribution in [0, 0.1) is 5.92 Å². The summed E-state index contributed by atoms with van der Waals surface area (Å²) in [5.41, 5.74) is 1.17. The minimum Gasteiger partial charge on any atom is -0.396 e. The lowest BCUT2D eigenvalue weighted by molar-refractivity contribution is 0.251. The fourth-order valence-electron chi connectivity index (χ4n) is 3.72. The Morgan fingerprint density at radius 2 is 1.97 bits per heavy atom. The van der Waals surface area contributed by atoms with Gasteiger partial charge < -0.3 is 25.5 Å². The number of pyridine rings is 1. The maximum absolute atomic E-state index is 9.26. The number of aliphatic hydroxyl groups excluding tert-OH is 1. The van der Waals surface area contributed by atoms with Crippen molar-refractivity contribution in [1.29, 1.82) is 0 Å². The van der Waals surface area contributed by atoms with E-state index in [2.05, 4.69) is 52.3 Å². The van der Waals surface area contributed by atoms with E-state index in [0.29, 0.717) is 12.5 Å². The zero-order chi connectivity index (χ0) is 20.9. The van der Waals surface area contributed by atoms with Gasteiger partial charge in [0.15, 0.2) is 5.96 Å². The SMILES string of the molecule is CCCC(CCO)CNC(=NCc1ccnc(N2CCN(CC)CC2)c1)NCC. The molecular formula is C22H40N6O. The van der Waals surface area contributed by atoms with Gasteiger partial charge in [-0.05, 0) is 49.9 Å². The molecule has 0 saturated carbocycles. The summed E-state index contributed by atoms with van der Waals surface area (Å²) >= 11 is 0. The molecule has 0 aromatic carbocycles. The molecule has 0 aliphatic carbocycles. The van der Waals surface area contributed by atoms with Crippen molar-refractivity contribution in [2.75, 3.05) is 57.3 Å². The van der Waals surface area contributed by atoms with Gasteiger partial charge in [-0.25, -0.2) is 9.98 Å². The van der Waals surface area contributed by atoms with Gasteiger partial charge in [-0.2, -0.15) is 0 Å². The molecule has 7 nitrogen and oxygen atoms in total. The molecule has 1 atom stereocenters. The van der Waals surface area contributed by atoms with Crippen molar-refractivity contribution in [1.82, 2.24) is 20.5 Å². The van der Waals surface area contributed by atoms with Gasteiger partial charge in [0.25, 0.3) is 0 Å². The molecule has 1 aromatic heterocycles. The number of nitrogens with zero attached hydrogens (tertiary/aromatic N) is 4. The molecule has 2 rings (SSSR count). The summed E-state index contributed by atoms with van der Waals surface area (Å²) < 4.78 is 0. The van der Waals surface area contributed by atoms with E-state index in [0.717, 1.165) is 76.9 Å². The lowest BCUT2D eigenvalue weighted by Gasteiger charge is -2.34. The molecule has 2 heterocycles. The molecule has 164 valence electrons. The Kier molecular flexibility index (Phi) is 10.8. The fourth-order valence-corrected chi connectivity index (χ4v) is 3.72. The maximum Gasteiger partial charge on any atom is 0.191 e. The Balaban J connectivity index is 1.94. The molecule has 3 N–H and O–H groups in total. The van der Waals surface area contributed by atoms with Crippen molar-refractivity contribution in [3.05, 3.63) is 23.9 Å². The van der Waals surface area contributed by atoms with Crippen LogP contribution in [-0.2, 0) is 6.54 Å². The van der Waals surface area contributed by atoms with Crippen molar-refractivity contribution in [2.24, 2.45) is 10.9 Å². The van der Waals surface area contributed by atoms with E-state index in [4.69, 9.17) is 4.99 Å². The van der Waals surface area contributed by atoms with Crippen molar-refractivity contribution >= 4 is 11.8 Å². The average Bonchev–Trinajstić information content (AvgIpc) is 2.76. The number of nitrogens with one attached hydrogen (secondary N) is 2. The summed E-state index contributed by atoms with van der Waals surface area (Å²) in [7, 11) is 0. The van der Waals surface area contributed by atoms with Crippen molar-refractivity contribution < 1.29 is 5.11 Å². The highest BCUT2D eigenvalue weighted by molar-refractivity contribution is 5.79. The van der Waals surface area contributed by atoms with Crippen LogP contribution >= 0.6 is 0 Å². The number of aromatic nitrogens is 1. The van der Waals surface area contributed by atoms with E-state index in [1.807, 2.05) is 12.3 Å². The summed E-state index contributed by atoms with van der Waals surface area (Å²) in [5, 5.41) is 16.0. The van der Waals surface area contributed by atoms with Crippen LogP contribution in [0.5, 0.6) is 0 Å². The number of likely N-dealkylation sites (N-methyl/N-ethyl adjacent to an activating group) is 1. The molecule has 1 unspecified atom stereocenters. The molecule has 1 aliphatic heterocycles. The molecule has 0 bridgehead atoms. The summed E-state index contributed by atoms with van der Waals surface area (Å²) in [6, 6.07) is 4.21. The average molecular weight is 405 g/mol. The molecule has 29 heavy (non-hydrogen) atoms. The van der Waals surface area contributed by atoms with E-state index in [-0.39, 0.29) is 6.61 Å². The highest BCUT2D eigenvalue weighted by Crippen LogP contribution is 2.16. The molecular weight excluding hydrogens is 364 g/mol. The van der Waals surface area contributed by atoms with E-state index in [1.165, 1.54) is 5.56 Å². The third-order valence-electron chi connectivity index (χ3n) is 5.51. The number of anilines is 1. The molecule has 0 amide bonds. The quantitative estimate of drug-likeness (QED) is 0.387. The lowest BCUT2D eigenvalue weighted by atomic mass is 10.0. The summed E-state index contributed by atoms with van der Waals surface area (Å²) in [4.78, 5) is 14.2. The first-order chi connectivity index (χ1) is 14.2. The molecule has 1 fully saturated rings. The maximum atomic E-state index is 9.26. The van der Waals surface area contributed by atoms with Gasteiger partial charge >= 0.3 is 0 Å². The Labute approximate surface area is 176 Å². The minimum atomic E-state index is 0.242.